The second-order valence-corrected chi connectivity index (χ2v) is 9.02. The van der Waals surface area contributed by atoms with E-state index in [1.165, 1.54) is 16.5 Å². The van der Waals surface area contributed by atoms with E-state index in [1.54, 1.807) is 6.20 Å². The molecule has 2 aromatic heterocycles. The zero-order valence-electron chi connectivity index (χ0n) is 18.7. The van der Waals surface area contributed by atoms with Crippen molar-refractivity contribution in [2.24, 2.45) is 0 Å². The minimum absolute atomic E-state index is 0.103. The summed E-state index contributed by atoms with van der Waals surface area (Å²) in [5.41, 5.74) is 4.11. The van der Waals surface area contributed by atoms with E-state index in [9.17, 15) is 9.59 Å². The van der Waals surface area contributed by atoms with Crippen LogP contribution in [0.15, 0.2) is 41.3 Å². The van der Waals surface area contributed by atoms with Crippen LogP contribution in [0.5, 0.6) is 0 Å². The SMILES string of the molecule is CCn1c2c(c(=O)n3ncc(C(=O)NC4CCCCC4)c13)CN(Cc1ccccc1)CC2. The minimum atomic E-state index is -0.116. The maximum atomic E-state index is 13.4. The average Bonchev–Trinajstić information content (AvgIpc) is 3.27. The van der Waals surface area contributed by atoms with Gasteiger partial charge in [0.2, 0.25) is 0 Å². The van der Waals surface area contributed by atoms with E-state index in [0.29, 0.717) is 24.3 Å². The summed E-state index contributed by atoms with van der Waals surface area (Å²) in [6.07, 6.45) is 7.96. The summed E-state index contributed by atoms with van der Waals surface area (Å²) in [6.45, 7) is 5.06. The number of nitrogens with one attached hydrogen (secondary N) is 1. The molecular weight excluding hydrogens is 402 g/mol. The van der Waals surface area contributed by atoms with Crippen molar-refractivity contribution in [3.05, 3.63) is 69.3 Å². The van der Waals surface area contributed by atoms with E-state index in [2.05, 4.69) is 38.9 Å². The maximum absolute atomic E-state index is 13.4. The van der Waals surface area contributed by atoms with Gasteiger partial charge >= 0.3 is 0 Å². The third kappa shape index (κ3) is 3.86. The minimum Gasteiger partial charge on any atom is -0.349 e. The summed E-state index contributed by atoms with van der Waals surface area (Å²) in [6, 6.07) is 10.6. The van der Waals surface area contributed by atoms with Gasteiger partial charge in [-0.05, 0) is 25.3 Å². The fraction of sp³-hybridized carbons (Fsp3) is 0.480. The molecule has 0 radical (unpaired) electrons. The summed E-state index contributed by atoms with van der Waals surface area (Å²) < 4.78 is 3.56. The average molecular weight is 434 g/mol. The number of benzene rings is 1. The van der Waals surface area contributed by atoms with Crippen LogP contribution in [-0.4, -0.2) is 37.6 Å². The highest BCUT2D eigenvalue weighted by molar-refractivity contribution is 6.00. The predicted octanol–water partition coefficient (Wildman–Crippen LogP) is 3.14. The van der Waals surface area contributed by atoms with Gasteiger partial charge in [-0.25, -0.2) is 0 Å². The number of carbonyl (C=O) groups excluding carboxylic acids is 1. The summed E-state index contributed by atoms with van der Waals surface area (Å²) in [4.78, 5) is 28.8. The van der Waals surface area contributed by atoms with Crippen molar-refractivity contribution in [1.29, 1.82) is 0 Å². The number of amides is 1. The largest absolute Gasteiger partial charge is 0.349 e. The molecule has 0 saturated heterocycles. The van der Waals surface area contributed by atoms with E-state index in [0.717, 1.165) is 56.5 Å². The van der Waals surface area contributed by atoms with Crippen LogP contribution < -0.4 is 10.9 Å². The molecule has 1 amide bonds. The lowest BCUT2D eigenvalue weighted by atomic mass is 9.95. The number of aryl methyl sites for hydroxylation is 1. The third-order valence-electron chi connectivity index (χ3n) is 6.92. The Labute approximate surface area is 188 Å². The fourth-order valence-electron chi connectivity index (χ4n) is 5.29. The van der Waals surface area contributed by atoms with Gasteiger partial charge in [-0.3, -0.25) is 14.5 Å². The Balaban J connectivity index is 1.47. The van der Waals surface area contributed by atoms with Gasteiger partial charge in [0, 0.05) is 44.3 Å². The van der Waals surface area contributed by atoms with Crippen molar-refractivity contribution in [3.63, 3.8) is 0 Å². The molecule has 1 aromatic carbocycles. The van der Waals surface area contributed by atoms with Crippen LogP contribution in [0, 0.1) is 0 Å². The van der Waals surface area contributed by atoms with Crippen molar-refractivity contribution in [1.82, 2.24) is 24.4 Å². The number of hydrogen-bond donors (Lipinski definition) is 1. The molecule has 0 bridgehead atoms. The lowest BCUT2D eigenvalue weighted by Gasteiger charge is -2.30. The standard InChI is InChI=1S/C25H31N5O2/c1-2-29-22-13-14-28(16-18-9-5-3-6-10-18)17-21(22)25(32)30-24(29)20(15-26-30)23(31)27-19-11-7-4-8-12-19/h3,5-6,9-10,15,19H,2,4,7-8,11-14,16-17H2,1H3,(H,27,31). The van der Waals surface area contributed by atoms with Gasteiger partial charge in [0.15, 0.2) is 5.65 Å². The Hall–Kier alpha value is -2.93. The first kappa shape index (κ1) is 20.9. The molecule has 7 heteroatoms. The normalized spacial score (nSPS) is 17.4. The first-order valence-corrected chi connectivity index (χ1v) is 11.8. The Bertz CT molecular complexity index is 1170. The van der Waals surface area contributed by atoms with Crippen molar-refractivity contribution in [3.8, 4) is 0 Å². The van der Waals surface area contributed by atoms with Gasteiger partial charge in [-0.15, -0.1) is 0 Å². The molecule has 0 spiro atoms. The Kier molecular flexibility index (Phi) is 5.83. The topological polar surface area (TPSA) is 71.6 Å². The maximum Gasteiger partial charge on any atom is 0.279 e. The zero-order chi connectivity index (χ0) is 22.1. The Morgan fingerprint density at radius 1 is 1.16 bits per heavy atom. The quantitative estimate of drug-likeness (QED) is 0.671. The molecule has 1 aliphatic carbocycles. The molecule has 3 aromatic rings. The van der Waals surface area contributed by atoms with Crippen LogP contribution in [0.1, 0.15) is 66.2 Å². The molecule has 0 unspecified atom stereocenters. The summed E-state index contributed by atoms with van der Waals surface area (Å²) >= 11 is 0. The van der Waals surface area contributed by atoms with Crippen LogP contribution in [0.3, 0.4) is 0 Å². The number of nitrogens with zero attached hydrogens (tertiary/aromatic N) is 4. The lowest BCUT2D eigenvalue weighted by molar-refractivity contribution is 0.0929. The molecule has 1 N–H and O–H groups in total. The fourth-order valence-corrected chi connectivity index (χ4v) is 5.29. The first-order chi connectivity index (χ1) is 15.7. The lowest BCUT2D eigenvalue weighted by Crippen LogP contribution is -2.39. The van der Waals surface area contributed by atoms with Crippen molar-refractivity contribution in [2.75, 3.05) is 6.54 Å². The molecule has 7 nitrogen and oxygen atoms in total. The van der Waals surface area contributed by atoms with Crippen LogP contribution in [0.2, 0.25) is 0 Å². The highest BCUT2D eigenvalue weighted by Crippen LogP contribution is 2.23. The summed E-state index contributed by atoms with van der Waals surface area (Å²) in [7, 11) is 0. The smallest absolute Gasteiger partial charge is 0.279 e. The van der Waals surface area contributed by atoms with Gasteiger partial charge in [-0.2, -0.15) is 9.61 Å². The molecular formula is C25H31N5O2. The van der Waals surface area contributed by atoms with Crippen LogP contribution >= 0.6 is 0 Å². The number of rotatable bonds is 5. The molecule has 5 rings (SSSR count). The number of fused-ring (bicyclic) bond motifs is 2. The molecule has 0 atom stereocenters. The molecule has 1 saturated carbocycles. The van der Waals surface area contributed by atoms with E-state index < -0.39 is 0 Å². The highest BCUT2D eigenvalue weighted by atomic mass is 16.2. The van der Waals surface area contributed by atoms with Crippen LogP contribution in [-0.2, 0) is 26.1 Å². The van der Waals surface area contributed by atoms with Gasteiger partial charge in [-0.1, -0.05) is 49.6 Å². The molecule has 32 heavy (non-hydrogen) atoms. The van der Waals surface area contributed by atoms with E-state index in [-0.39, 0.29) is 17.5 Å². The number of aromatic nitrogens is 3. The first-order valence-electron chi connectivity index (χ1n) is 11.8. The third-order valence-corrected chi connectivity index (χ3v) is 6.92. The van der Waals surface area contributed by atoms with E-state index in [1.807, 2.05) is 18.2 Å². The van der Waals surface area contributed by atoms with Gasteiger partial charge < -0.3 is 9.88 Å². The van der Waals surface area contributed by atoms with Crippen molar-refractivity contribution >= 4 is 11.6 Å². The summed E-state index contributed by atoms with van der Waals surface area (Å²) in [5.74, 6) is -0.116. The molecule has 1 fully saturated rings. The van der Waals surface area contributed by atoms with Crippen molar-refractivity contribution < 1.29 is 4.79 Å². The summed E-state index contributed by atoms with van der Waals surface area (Å²) in [5, 5.41) is 7.54. The second-order valence-electron chi connectivity index (χ2n) is 9.02. The Morgan fingerprint density at radius 3 is 2.69 bits per heavy atom. The predicted molar refractivity (Wildman–Crippen MR) is 124 cm³/mol. The number of hydrogen-bond acceptors (Lipinski definition) is 4. The molecule has 168 valence electrons. The van der Waals surface area contributed by atoms with Gasteiger partial charge in [0.05, 0.1) is 11.8 Å². The molecule has 2 aliphatic rings. The van der Waals surface area contributed by atoms with Gasteiger partial charge in [0.1, 0.15) is 5.56 Å². The molecule has 1 aliphatic heterocycles. The van der Waals surface area contributed by atoms with Crippen LogP contribution in [0.4, 0.5) is 0 Å². The van der Waals surface area contributed by atoms with Gasteiger partial charge in [0.25, 0.3) is 11.5 Å². The molecule has 3 heterocycles. The second kappa shape index (κ2) is 8.90. The van der Waals surface area contributed by atoms with Crippen molar-refractivity contribution in [2.45, 2.75) is 71.1 Å². The number of carbonyl (C=O) groups is 1. The monoisotopic (exact) mass is 433 g/mol. The Morgan fingerprint density at radius 2 is 1.94 bits per heavy atom. The zero-order valence-corrected chi connectivity index (χ0v) is 18.7. The van der Waals surface area contributed by atoms with E-state index in [4.69, 9.17) is 0 Å². The highest BCUT2D eigenvalue weighted by Gasteiger charge is 2.27. The van der Waals surface area contributed by atoms with Crippen LogP contribution in [0.25, 0.3) is 5.65 Å². The van der Waals surface area contributed by atoms with E-state index >= 15 is 0 Å².